The van der Waals surface area contributed by atoms with Crippen molar-refractivity contribution in [3.63, 3.8) is 0 Å². The molecule has 0 radical (unpaired) electrons. The maximum atomic E-state index is 12.6. The Morgan fingerprint density at radius 2 is 2.44 bits per heavy atom. The third kappa shape index (κ3) is 2.57. The van der Waals surface area contributed by atoms with E-state index >= 15 is 0 Å². The van der Waals surface area contributed by atoms with E-state index in [-0.39, 0.29) is 11.3 Å². The molecule has 0 aromatic carbocycles. The fourth-order valence-electron chi connectivity index (χ4n) is 2.57. The van der Waals surface area contributed by atoms with E-state index in [2.05, 4.69) is 17.2 Å². The molecule has 1 aromatic heterocycles. The average molecular weight is 267 g/mol. The van der Waals surface area contributed by atoms with E-state index in [1.165, 1.54) is 0 Å². The summed E-state index contributed by atoms with van der Waals surface area (Å²) in [5.41, 5.74) is -0.186. The third-order valence-electron chi connectivity index (χ3n) is 3.78. The topological polar surface area (TPSA) is 45.2 Å². The maximum absolute atomic E-state index is 12.6. The summed E-state index contributed by atoms with van der Waals surface area (Å²) in [6.45, 7) is 6.54. The van der Waals surface area contributed by atoms with Crippen LogP contribution in [-0.4, -0.2) is 35.9 Å². The zero-order chi connectivity index (χ0) is 13.2. The van der Waals surface area contributed by atoms with Crippen molar-refractivity contribution in [2.75, 3.05) is 20.1 Å². The Labute approximate surface area is 112 Å². The molecule has 2 rings (SSSR count). The highest BCUT2D eigenvalue weighted by Gasteiger charge is 2.41. The molecule has 1 amide bonds. The summed E-state index contributed by atoms with van der Waals surface area (Å²) in [4.78, 5) is 19.8. The molecule has 18 heavy (non-hydrogen) atoms. The predicted molar refractivity (Wildman–Crippen MR) is 73.5 cm³/mol. The molecule has 5 heteroatoms. The Kier molecular flexibility index (Phi) is 4.02. The number of thiazole rings is 1. The summed E-state index contributed by atoms with van der Waals surface area (Å²) in [6.07, 6.45) is 3.73. The lowest BCUT2D eigenvalue weighted by Gasteiger charge is -2.30. The van der Waals surface area contributed by atoms with Crippen molar-refractivity contribution < 1.29 is 4.79 Å². The van der Waals surface area contributed by atoms with E-state index in [0.717, 1.165) is 35.8 Å². The number of aromatic nitrogens is 1. The molecule has 1 aromatic rings. The van der Waals surface area contributed by atoms with Crippen molar-refractivity contribution in [2.24, 2.45) is 5.41 Å². The largest absolute Gasteiger partial charge is 0.340 e. The van der Waals surface area contributed by atoms with Gasteiger partial charge in [0.2, 0.25) is 5.91 Å². The lowest BCUT2D eigenvalue weighted by molar-refractivity contribution is -0.140. The van der Waals surface area contributed by atoms with Gasteiger partial charge >= 0.3 is 0 Å². The van der Waals surface area contributed by atoms with Gasteiger partial charge in [0.05, 0.1) is 17.0 Å². The van der Waals surface area contributed by atoms with Crippen molar-refractivity contribution in [3.05, 3.63) is 16.1 Å². The summed E-state index contributed by atoms with van der Waals surface area (Å²) in [6, 6.07) is 0. The average Bonchev–Trinajstić information content (AvgIpc) is 2.98. The third-order valence-corrected chi connectivity index (χ3v) is 4.68. The molecule has 1 unspecified atom stereocenters. The summed E-state index contributed by atoms with van der Waals surface area (Å²) in [7, 11) is 1.90. The van der Waals surface area contributed by atoms with Gasteiger partial charge in [0.15, 0.2) is 0 Å². The van der Waals surface area contributed by atoms with Gasteiger partial charge < -0.3 is 10.2 Å². The van der Waals surface area contributed by atoms with Gasteiger partial charge in [0, 0.05) is 24.7 Å². The Bertz CT molecular complexity index is 424. The van der Waals surface area contributed by atoms with E-state index in [0.29, 0.717) is 6.54 Å². The van der Waals surface area contributed by atoms with Crippen LogP contribution in [0.4, 0.5) is 0 Å². The smallest absolute Gasteiger partial charge is 0.230 e. The first-order chi connectivity index (χ1) is 8.57. The number of aryl methyl sites for hydroxylation is 1. The molecule has 2 heterocycles. The van der Waals surface area contributed by atoms with Crippen LogP contribution < -0.4 is 5.32 Å². The molecule has 0 bridgehead atoms. The number of amides is 1. The fraction of sp³-hybridized carbons (Fsp3) is 0.692. The minimum absolute atomic E-state index is 0.186. The molecular formula is C13H21N3OS. The van der Waals surface area contributed by atoms with Gasteiger partial charge in [-0.1, -0.05) is 6.92 Å². The first-order valence-electron chi connectivity index (χ1n) is 6.45. The fourth-order valence-corrected chi connectivity index (χ4v) is 3.42. The van der Waals surface area contributed by atoms with Gasteiger partial charge in [-0.05, 0) is 26.3 Å². The highest BCUT2D eigenvalue weighted by Crippen LogP contribution is 2.32. The molecule has 1 N–H and O–H groups in total. The summed E-state index contributed by atoms with van der Waals surface area (Å²) in [5, 5.41) is 4.36. The molecule has 0 spiro atoms. The van der Waals surface area contributed by atoms with Crippen LogP contribution in [-0.2, 0) is 11.3 Å². The number of rotatable bonds is 4. The molecule has 1 aliphatic rings. The SMILES string of the molecule is CCC1(C(=O)N(C)Cc2cnc(C)s2)CCNC1. The summed E-state index contributed by atoms with van der Waals surface area (Å²) < 4.78 is 0. The van der Waals surface area contributed by atoms with Gasteiger partial charge in [-0.2, -0.15) is 0 Å². The molecule has 100 valence electrons. The summed E-state index contributed by atoms with van der Waals surface area (Å²) >= 11 is 1.66. The molecular weight excluding hydrogens is 246 g/mol. The lowest BCUT2D eigenvalue weighted by Crippen LogP contribution is -2.42. The zero-order valence-corrected chi connectivity index (χ0v) is 12.1. The van der Waals surface area contributed by atoms with Crippen molar-refractivity contribution in [1.82, 2.24) is 15.2 Å². The Hall–Kier alpha value is -0.940. The van der Waals surface area contributed by atoms with Crippen LogP contribution in [0.15, 0.2) is 6.20 Å². The number of carbonyl (C=O) groups is 1. The molecule has 1 fully saturated rings. The first kappa shape index (κ1) is 13.5. The van der Waals surface area contributed by atoms with Crippen molar-refractivity contribution in [2.45, 2.75) is 33.2 Å². The summed E-state index contributed by atoms with van der Waals surface area (Å²) in [5.74, 6) is 0.265. The number of hydrogen-bond donors (Lipinski definition) is 1. The predicted octanol–water partition coefficient (Wildman–Crippen LogP) is 1.80. The van der Waals surface area contributed by atoms with Crippen molar-refractivity contribution in [1.29, 1.82) is 0 Å². The van der Waals surface area contributed by atoms with E-state index in [4.69, 9.17) is 0 Å². The van der Waals surface area contributed by atoms with Gasteiger partial charge in [0.1, 0.15) is 0 Å². The van der Waals surface area contributed by atoms with Gasteiger partial charge in [-0.25, -0.2) is 4.98 Å². The van der Waals surface area contributed by atoms with Crippen LogP contribution in [0.3, 0.4) is 0 Å². The first-order valence-corrected chi connectivity index (χ1v) is 7.26. The molecule has 1 atom stereocenters. The number of nitrogens with one attached hydrogen (secondary N) is 1. The second-order valence-corrected chi connectivity index (χ2v) is 6.39. The van der Waals surface area contributed by atoms with Crippen molar-refractivity contribution in [3.8, 4) is 0 Å². The molecule has 1 saturated heterocycles. The monoisotopic (exact) mass is 267 g/mol. The van der Waals surface area contributed by atoms with Crippen LogP contribution in [0.25, 0.3) is 0 Å². The molecule has 1 aliphatic heterocycles. The Morgan fingerprint density at radius 3 is 2.94 bits per heavy atom. The Morgan fingerprint density at radius 1 is 1.67 bits per heavy atom. The van der Waals surface area contributed by atoms with E-state index in [1.54, 1.807) is 11.3 Å². The minimum atomic E-state index is -0.186. The van der Waals surface area contributed by atoms with Crippen LogP contribution in [0.1, 0.15) is 29.7 Å². The molecule has 0 saturated carbocycles. The second-order valence-electron chi connectivity index (χ2n) is 5.07. The highest BCUT2D eigenvalue weighted by atomic mass is 32.1. The maximum Gasteiger partial charge on any atom is 0.230 e. The van der Waals surface area contributed by atoms with Gasteiger partial charge in [-0.3, -0.25) is 4.79 Å². The minimum Gasteiger partial charge on any atom is -0.340 e. The van der Waals surface area contributed by atoms with Crippen LogP contribution in [0.5, 0.6) is 0 Å². The van der Waals surface area contributed by atoms with Crippen molar-refractivity contribution >= 4 is 17.2 Å². The molecule has 4 nitrogen and oxygen atoms in total. The van der Waals surface area contributed by atoms with Crippen LogP contribution in [0.2, 0.25) is 0 Å². The number of nitrogens with zero attached hydrogens (tertiary/aromatic N) is 2. The standard InChI is InChI=1S/C13H21N3OS/c1-4-13(5-6-14-9-13)12(17)16(3)8-11-7-15-10(2)18-11/h7,14H,4-6,8-9H2,1-3H3. The normalized spacial score (nSPS) is 23.3. The quantitative estimate of drug-likeness (QED) is 0.905. The number of hydrogen-bond acceptors (Lipinski definition) is 4. The van der Waals surface area contributed by atoms with Crippen LogP contribution >= 0.6 is 11.3 Å². The molecule has 0 aliphatic carbocycles. The van der Waals surface area contributed by atoms with E-state index in [9.17, 15) is 4.79 Å². The van der Waals surface area contributed by atoms with Gasteiger partial charge in [-0.15, -0.1) is 11.3 Å². The van der Waals surface area contributed by atoms with Gasteiger partial charge in [0.25, 0.3) is 0 Å². The van der Waals surface area contributed by atoms with E-state index < -0.39 is 0 Å². The van der Waals surface area contributed by atoms with Crippen LogP contribution in [0, 0.1) is 12.3 Å². The van der Waals surface area contributed by atoms with E-state index in [1.807, 2.05) is 25.1 Å². The second kappa shape index (κ2) is 5.36. The Balaban J connectivity index is 2.04. The number of carbonyl (C=O) groups excluding carboxylic acids is 1. The highest BCUT2D eigenvalue weighted by molar-refractivity contribution is 7.11. The lowest BCUT2D eigenvalue weighted by atomic mass is 9.83. The zero-order valence-electron chi connectivity index (χ0n) is 11.3.